The Morgan fingerprint density at radius 1 is 0.413 bits per heavy atom. The third-order valence-corrected chi connectivity index (χ3v) is 8.50. The number of hydrogen-bond donors (Lipinski definition) is 0. The Labute approximate surface area is 266 Å². The second kappa shape index (κ2) is 11.1. The topological polar surface area (TPSA) is 73.4 Å². The van der Waals surface area contributed by atoms with Crippen LogP contribution in [0.2, 0.25) is 0 Å². The van der Waals surface area contributed by atoms with Gasteiger partial charge in [-0.1, -0.05) is 84.9 Å². The van der Waals surface area contributed by atoms with Gasteiger partial charge in [0.1, 0.15) is 0 Å². The molecule has 0 unspecified atom stereocenters. The Hall–Kier alpha value is -6.62. The highest BCUT2D eigenvalue weighted by molar-refractivity contribution is 6.06. The molecule has 0 saturated carbocycles. The van der Waals surface area contributed by atoms with Crippen LogP contribution in [0.5, 0.6) is 0 Å². The van der Waals surface area contributed by atoms with Gasteiger partial charge in [0, 0.05) is 22.1 Å². The Morgan fingerprint density at radius 2 is 0.935 bits per heavy atom. The van der Waals surface area contributed by atoms with Gasteiger partial charge in [-0.3, -0.25) is 0 Å². The van der Waals surface area contributed by atoms with Crippen LogP contribution in [0.3, 0.4) is 0 Å². The van der Waals surface area contributed by atoms with Gasteiger partial charge in [0.15, 0.2) is 5.82 Å². The lowest BCUT2D eigenvalue weighted by atomic mass is 9.92. The van der Waals surface area contributed by atoms with Gasteiger partial charge in [-0.05, 0) is 98.9 Å². The summed E-state index contributed by atoms with van der Waals surface area (Å²) in [6.07, 6.45) is 0. The first kappa shape index (κ1) is 27.0. The molecule has 0 amide bonds. The maximum absolute atomic E-state index is 9.48. The molecule has 0 aliphatic carbocycles. The maximum Gasteiger partial charge on any atom is 0.160 e. The predicted molar refractivity (Wildman–Crippen MR) is 186 cm³/mol. The zero-order valence-corrected chi connectivity index (χ0v) is 24.6. The third-order valence-electron chi connectivity index (χ3n) is 8.50. The first-order valence-electron chi connectivity index (χ1n) is 15.0. The van der Waals surface area contributed by atoms with Crippen LogP contribution < -0.4 is 0 Å². The van der Waals surface area contributed by atoms with E-state index in [0.717, 1.165) is 55.4 Å². The van der Waals surface area contributed by atoms with Crippen LogP contribution in [0.15, 0.2) is 146 Å². The molecule has 0 radical (unpaired) electrons. The lowest BCUT2D eigenvalue weighted by Crippen LogP contribution is -1.98. The summed E-state index contributed by atoms with van der Waals surface area (Å²) >= 11 is 0. The highest BCUT2D eigenvalue weighted by Crippen LogP contribution is 2.40. The fraction of sp³-hybridized carbons (Fsp3) is 0. The molecule has 8 rings (SSSR count). The molecular formula is C42H24N4. The summed E-state index contributed by atoms with van der Waals surface area (Å²) in [5.74, 6) is 0.567. The smallest absolute Gasteiger partial charge is 0.160 e. The van der Waals surface area contributed by atoms with E-state index >= 15 is 0 Å². The number of rotatable bonds is 4. The number of nitrogens with zero attached hydrogens (tertiary/aromatic N) is 4. The first-order chi connectivity index (χ1) is 22.7. The van der Waals surface area contributed by atoms with E-state index in [2.05, 4.69) is 109 Å². The zero-order valence-electron chi connectivity index (χ0n) is 24.6. The van der Waals surface area contributed by atoms with Crippen molar-refractivity contribution in [2.24, 2.45) is 0 Å². The van der Waals surface area contributed by atoms with E-state index in [0.29, 0.717) is 17.0 Å². The monoisotopic (exact) mass is 584 g/mol. The van der Waals surface area contributed by atoms with E-state index in [1.54, 1.807) is 12.1 Å². The normalized spacial score (nSPS) is 11.0. The third kappa shape index (κ3) is 4.81. The number of aromatic nitrogens is 2. The number of benzene rings is 7. The van der Waals surface area contributed by atoms with Crippen molar-refractivity contribution in [3.05, 3.63) is 157 Å². The van der Waals surface area contributed by atoms with Crippen LogP contribution in [-0.2, 0) is 0 Å². The summed E-state index contributed by atoms with van der Waals surface area (Å²) in [6, 6.07) is 53.6. The van der Waals surface area contributed by atoms with Crippen molar-refractivity contribution < 1.29 is 0 Å². The molecular weight excluding hydrogens is 560 g/mol. The van der Waals surface area contributed by atoms with Gasteiger partial charge in [0.25, 0.3) is 0 Å². The van der Waals surface area contributed by atoms with E-state index < -0.39 is 0 Å². The molecule has 0 spiro atoms. The highest BCUT2D eigenvalue weighted by atomic mass is 14.9. The average molecular weight is 585 g/mol. The van der Waals surface area contributed by atoms with Gasteiger partial charge in [-0.2, -0.15) is 10.5 Å². The largest absolute Gasteiger partial charge is 0.227 e. The molecule has 1 heterocycles. The minimum absolute atomic E-state index is 0.567. The molecule has 8 aromatic rings. The Morgan fingerprint density at radius 3 is 1.54 bits per heavy atom. The first-order valence-corrected chi connectivity index (χ1v) is 15.0. The van der Waals surface area contributed by atoms with Crippen LogP contribution in [0.4, 0.5) is 0 Å². The van der Waals surface area contributed by atoms with E-state index in [-0.39, 0.29) is 0 Å². The minimum Gasteiger partial charge on any atom is -0.227 e. The quantitative estimate of drug-likeness (QED) is 0.206. The predicted octanol–water partition coefficient (Wildman–Crippen LogP) is 10.3. The van der Waals surface area contributed by atoms with Crippen molar-refractivity contribution in [3.63, 3.8) is 0 Å². The van der Waals surface area contributed by atoms with Crippen molar-refractivity contribution >= 4 is 32.4 Å². The van der Waals surface area contributed by atoms with E-state index in [9.17, 15) is 10.5 Å². The molecule has 1 aromatic heterocycles. The lowest BCUT2D eigenvalue weighted by molar-refractivity contribution is 1.23. The second-order valence-electron chi connectivity index (χ2n) is 11.3. The summed E-state index contributed by atoms with van der Waals surface area (Å²) < 4.78 is 0. The van der Waals surface area contributed by atoms with Crippen LogP contribution in [0.25, 0.3) is 77.3 Å². The Balaban J connectivity index is 1.46. The molecule has 0 aliphatic rings. The summed E-state index contributed by atoms with van der Waals surface area (Å²) in [5, 5.41) is 24.5. The SMILES string of the molecule is N#Cc1ccc(-c2nc(-c3ccc(C#N)cc3)c3cc(-c4ccc5ccccc5c4)cc(-c4ccc5ccccc5c4)c3n2)cc1. The number of nitriles is 2. The van der Waals surface area contributed by atoms with Crippen molar-refractivity contribution in [1.82, 2.24) is 9.97 Å². The van der Waals surface area contributed by atoms with Crippen molar-refractivity contribution in [2.75, 3.05) is 0 Å². The van der Waals surface area contributed by atoms with Crippen LogP contribution in [0.1, 0.15) is 11.1 Å². The fourth-order valence-corrected chi connectivity index (χ4v) is 6.09. The molecule has 46 heavy (non-hydrogen) atoms. The summed E-state index contributed by atoms with van der Waals surface area (Å²) in [4.78, 5) is 10.4. The van der Waals surface area contributed by atoms with Gasteiger partial charge in [-0.15, -0.1) is 0 Å². The lowest BCUT2D eigenvalue weighted by Gasteiger charge is -2.16. The van der Waals surface area contributed by atoms with Gasteiger partial charge in [0.05, 0.1) is 34.5 Å². The average Bonchev–Trinajstić information content (AvgIpc) is 3.13. The molecule has 0 atom stereocenters. The standard InChI is InChI=1S/C42H24N4/c43-25-27-9-13-31(14-10-27)40-39-24-37(35-19-17-29-5-1-3-7-33(29)21-35)23-38(36-20-18-30-6-2-4-8-34(30)22-36)41(39)46-42(45-40)32-15-11-28(26-44)12-16-32/h1-24H. The van der Waals surface area contributed by atoms with E-state index in [1.165, 1.54) is 16.2 Å². The highest BCUT2D eigenvalue weighted by Gasteiger charge is 2.18. The zero-order chi connectivity index (χ0) is 31.0. The molecule has 0 N–H and O–H groups in total. The molecule has 0 saturated heterocycles. The molecule has 212 valence electrons. The molecule has 0 aliphatic heterocycles. The number of fused-ring (bicyclic) bond motifs is 3. The molecule has 7 aromatic carbocycles. The van der Waals surface area contributed by atoms with Crippen LogP contribution >= 0.6 is 0 Å². The molecule has 4 heteroatoms. The van der Waals surface area contributed by atoms with Crippen molar-refractivity contribution in [2.45, 2.75) is 0 Å². The minimum atomic E-state index is 0.567. The van der Waals surface area contributed by atoms with Crippen LogP contribution in [-0.4, -0.2) is 9.97 Å². The van der Waals surface area contributed by atoms with E-state index in [1.807, 2.05) is 36.4 Å². The number of hydrogen-bond acceptors (Lipinski definition) is 4. The van der Waals surface area contributed by atoms with Crippen LogP contribution in [0, 0.1) is 22.7 Å². The summed E-state index contributed by atoms with van der Waals surface area (Å²) in [6.45, 7) is 0. The summed E-state index contributed by atoms with van der Waals surface area (Å²) in [5.41, 5.74) is 8.69. The van der Waals surface area contributed by atoms with Crippen molar-refractivity contribution in [3.8, 4) is 57.0 Å². The maximum atomic E-state index is 9.48. The van der Waals surface area contributed by atoms with Gasteiger partial charge in [0.2, 0.25) is 0 Å². The van der Waals surface area contributed by atoms with Gasteiger partial charge < -0.3 is 0 Å². The van der Waals surface area contributed by atoms with Gasteiger partial charge in [-0.25, -0.2) is 9.97 Å². The molecule has 4 nitrogen and oxygen atoms in total. The van der Waals surface area contributed by atoms with Crippen molar-refractivity contribution in [1.29, 1.82) is 10.5 Å². The molecule has 0 bridgehead atoms. The Bertz CT molecular complexity index is 2530. The Kier molecular flexibility index (Phi) is 6.53. The molecule has 0 fully saturated rings. The second-order valence-corrected chi connectivity index (χ2v) is 11.3. The van der Waals surface area contributed by atoms with Gasteiger partial charge >= 0.3 is 0 Å². The summed E-state index contributed by atoms with van der Waals surface area (Å²) in [7, 11) is 0. The van der Waals surface area contributed by atoms with E-state index in [4.69, 9.17) is 9.97 Å². The fourth-order valence-electron chi connectivity index (χ4n) is 6.09.